The van der Waals surface area contributed by atoms with Crippen molar-refractivity contribution < 1.29 is 22.7 Å². The molecule has 1 saturated heterocycles. The number of rotatable bonds is 4. The summed E-state index contributed by atoms with van der Waals surface area (Å²) >= 11 is 0. The van der Waals surface area contributed by atoms with E-state index in [4.69, 9.17) is 0 Å². The Bertz CT molecular complexity index is 716. The Morgan fingerprint density at radius 3 is 2.96 bits per heavy atom. The van der Waals surface area contributed by atoms with Gasteiger partial charge in [0.15, 0.2) is 5.65 Å². The maximum atomic E-state index is 12.1. The molecule has 0 aliphatic carbocycles. The van der Waals surface area contributed by atoms with Crippen molar-refractivity contribution in [2.45, 2.75) is 24.9 Å². The van der Waals surface area contributed by atoms with Crippen molar-refractivity contribution in [1.29, 1.82) is 0 Å². The van der Waals surface area contributed by atoms with E-state index in [1.165, 1.54) is 4.90 Å². The molecule has 0 bridgehead atoms. The van der Waals surface area contributed by atoms with E-state index in [1.54, 1.807) is 0 Å². The number of likely N-dealkylation sites (tertiary alicyclic amines) is 1. The first-order valence-corrected chi connectivity index (χ1v) is 7.66. The molecule has 0 saturated carbocycles. The van der Waals surface area contributed by atoms with Gasteiger partial charge in [-0.2, -0.15) is 13.2 Å². The van der Waals surface area contributed by atoms with Gasteiger partial charge >= 0.3 is 6.18 Å². The Kier molecular flexibility index (Phi) is 4.70. The van der Waals surface area contributed by atoms with Crippen molar-refractivity contribution >= 4 is 11.6 Å². The van der Waals surface area contributed by atoms with Crippen LogP contribution in [0.1, 0.15) is 24.6 Å². The Morgan fingerprint density at radius 1 is 1.33 bits per heavy atom. The molecule has 0 spiro atoms. The lowest BCUT2D eigenvalue weighted by atomic mass is 9.97. The van der Waals surface area contributed by atoms with Crippen LogP contribution in [0, 0.1) is 0 Å². The highest BCUT2D eigenvalue weighted by molar-refractivity contribution is 5.77. The molecule has 3 heterocycles. The molecule has 3 rings (SSSR count). The lowest BCUT2D eigenvalue weighted by Gasteiger charge is -2.32. The van der Waals surface area contributed by atoms with Crippen LogP contribution in [0.5, 0.6) is 0 Å². The second-order valence-electron chi connectivity index (χ2n) is 5.77. The summed E-state index contributed by atoms with van der Waals surface area (Å²) in [4.78, 5) is 13.6. The predicted octanol–water partition coefficient (Wildman–Crippen LogP) is 2.01. The van der Waals surface area contributed by atoms with Crippen molar-refractivity contribution in [3.8, 4) is 0 Å². The van der Waals surface area contributed by atoms with Crippen LogP contribution in [0.25, 0.3) is 5.65 Å². The molecule has 9 heteroatoms. The number of amides is 1. The number of carbonyl (C=O) groups is 1. The van der Waals surface area contributed by atoms with Gasteiger partial charge < -0.3 is 9.64 Å². The topological polar surface area (TPSA) is 59.7 Å². The van der Waals surface area contributed by atoms with Gasteiger partial charge in [-0.25, -0.2) is 0 Å². The van der Waals surface area contributed by atoms with Gasteiger partial charge in [-0.15, -0.1) is 10.2 Å². The van der Waals surface area contributed by atoms with Crippen molar-refractivity contribution in [2.75, 3.05) is 26.3 Å². The largest absolute Gasteiger partial charge is 0.411 e. The van der Waals surface area contributed by atoms with Gasteiger partial charge in [-0.3, -0.25) is 9.20 Å². The van der Waals surface area contributed by atoms with Crippen molar-refractivity contribution in [3.63, 3.8) is 0 Å². The zero-order valence-electron chi connectivity index (χ0n) is 12.9. The standard InChI is InChI=1S/C15H17F3N4O2/c16-15(17,18)10-24-9-13(23)21-6-3-4-11(8-21)14-20-19-12-5-1-2-7-22(12)14/h1-2,5,7,11H,3-4,6,8-10H2/t11-/m0/s1. The Hall–Kier alpha value is -2.16. The lowest BCUT2D eigenvalue weighted by molar-refractivity contribution is -0.178. The number of nitrogens with zero attached hydrogens (tertiary/aromatic N) is 4. The summed E-state index contributed by atoms with van der Waals surface area (Å²) in [7, 11) is 0. The third kappa shape index (κ3) is 3.84. The fourth-order valence-electron chi connectivity index (χ4n) is 2.90. The third-order valence-corrected chi connectivity index (χ3v) is 3.97. The van der Waals surface area contributed by atoms with Gasteiger partial charge in [-0.05, 0) is 25.0 Å². The van der Waals surface area contributed by atoms with E-state index in [0.717, 1.165) is 24.3 Å². The third-order valence-electron chi connectivity index (χ3n) is 3.97. The number of halogens is 3. The average molecular weight is 342 g/mol. The molecule has 1 amide bonds. The van der Waals surface area contributed by atoms with E-state index in [-0.39, 0.29) is 5.92 Å². The minimum atomic E-state index is -4.43. The summed E-state index contributed by atoms with van der Waals surface area (Å²) in [5.41, 5.74) is 0.726. The Balaban J connectivity index is 1.63. The van der Waals surface area contributed by atoms with Crippen LogP contribution < -0.4 is 0 Å². The van der Waals surface area contributed by atoms with Crippen LogP contribution in [0.15, 0.2) is 24.4 Å². The molecule has 2 aromatic rings. The van der Waals surface area contributed by atoms with Gasteiger partial charge in [0, 0.05) is 25.2 Å². The smallest absolute Gasteiger partial charge is 0.362 e. The highest BCUT2D eigenvalue weighted by Gasteiger charge is 2.30. The molecule has 1 aliphatic rings. The van der Waals surface area contributed by atoms with Crippen LogP contribution >= 0.6 is 0 Å². The quantitative estimate of drug-likeness (QED) is 0.853. The first-order chi connectivity index (χ1) is 11.4. The van der Waals surface area contributed by atoms with Gasteiger partial charge in [-0.1, -0.05) is 6.07 Å². The number of ether oxygens (including phenoxy) is 1. The number of carbonyl (C=O) groups excluding carboxylic acids is 1. The molecule has 0 radical (unpaired) electrons. The fraction of sp³-hybridized carbons (Fsp3) is 0.533. The van der Waals surface area contributed by atoms with E-state index in [1.807, 2.05) is 28.8 Å². The van der Waals surface area contributed by atoms with Crippen LogP contribution in [0.3, 0.4) is 0 Å². The van der Waals surface area contributed by atoms with E-state index >= 15 is 0 Å². The second kappa shape index (κ2) is 6.76. The Labute approximate surface area is 136 Å². The van der Waals surface area contributed by atoms with E-state index in [2.05, 4.69) is 14.9 Å². The number of hydrogen-bond acceptors (Lipinski definition) is 4. The number of fused-ring (bicyclic) bond motifs is 1. The summed E-state index contributed by atoms with van der Waals surface area (Å²) in [5.74, 6) is 0.333. The predicted molar refractivity (Wildman–Crippen MR) is 78.4 cm³/mol. The fourth-order valence-corrected chi connectivity index (χ4v) is 2.90. The molecule has 6 nitrogen and oxygen atoms in total. The maximum Gasteiger partial charge on any atom is 0.411 e. The molecule has 1 atom stereocenters. The molecule has 0 N–H and O–H groups in total. The van der Waals surface area contributed by atoms with E-state index in [0.29, 0.717) is 13.1 Å². The monoisotopic (exact) mass is 342 g/mol. The molecule has 130 valence electrons. The summed E-state index contributed by atoms with van der Waals surface area (Å²) in [5, 5.41) is 8.30. The first-order valence-electron chi connectivity index (χ1n) is 7.66. The van der Waals surface area contributed by atoms with Crippen molar-refractivity contribution in [3.05, 3.63) is 30.2 Å². The van der Waals surface area contributed by atoms with Gasteiger partial charge in [0.2, 0.25) is 5.91 Å². The summed E-state index contributed by atoms with van der Waals surface area (Å²) in [6.45, 7) is -1.05. The highest BCUT2D eigenvalue weighted by atomic mass is 19.4. The second-order valence-corrected chi connectivity index (χ2v) is 5.77. The van der Waals surface area contributed by atoms with Crippen LogP contribution in [0.2, 0.25) is 0 Å². The molecule has 24 heavy (non-hydrogen) atoms. The molecule has 0 aromatic carbocycles. The zero-order chi connectivity index (χ0) is 17.2. The minimum Gasteiger partial charge on any atom is -0.362 e. The summed E-state index contributed by atoms with van der Waals surface area (Å²) in [6.07, 6.45) is -0.955. The molecule has 2 aromatic heterocycles. The molecule has 1 fully saturated rings. The average Bonchev–Trinajstić information content (AvgIpc) is 2.98. The van der Waals surface area contributed by atoms with Crippen LogP contribution in [-0.4, -0.2) is 57.9 Å². The Morgan fingerprint density at radius 2 is 2.17 bits per heavy atom. The lowest BCUT2D eigenvalue weighted by Crippen LogP contribution is -2.41. The molecular weight excluding hydrogens is 325 g/mol. The summed E-state index contributed by atoms with van der Waals surface area (Å²) < 4.78 is 42.6. The maximum absolute atomic E-state index is 12.1. The molecular formula is C15H17F3N4O2. The van der Waals surface area contributed by atoms with Gasteiger partial charge in [0.25, 0.3) is 0 Å². The molecule has 1 aliphatic heterocycles. The number of pyridine rings is 1. The highest BCUT2D eigenvalue weighted by Crippen LogP contribution is 2.26. The number of piperidine rings is 1. The number of hydrogen-bond donors (Lipinski definition) is 0. The zero-order valence-corrected chi connectivity index (χ0v) is 12.9. The van der Waals surface area contributed by atoms with Crippen LogP contribution in [-0.2, 0) is 9.53 Å². The SMILES string of the molecule is O=C(COCC(F)(F)F)N1CCC[C@H](c2nnc3ccccn23)C1. The normalized spacial score (nSPS) is 19.0. The minimum absolute atomic E-state index is 0.00251. The first kappa shape index (κ1) is 16.7. The van der Waals surface area contributed by atoms with Gasteiger partial charge in [0.1, 0.15) is 19.0 Å². The van der Waals surface area contributed by atoms with Crippen molar-refractivity contribution in [1.82, 2.24) is 19.5 Å². The van der Waals surface area contributed by atoms with E-state index < -0.39 is 25.3 Å². The molecule has 0 unspecified atom stereocenters. The number of alkyl halides is 3. The summed E-state index contributed by atoms with van der Waals surface area (Å²) in [6, 6.07) is 5.58. The van der Waals surface area contributed by atoms with Crippen LogP contribution in [0.4, 0.5) is 13.2 Å². The van der Waals surface area contributed by atoms with E-state index in [9.17, 15) is 18.0 Å². The number of aromatic nitrogens is 3. The van der Waals surface area contributed by atoms with Crippen molar-refractivity contribution in [2.24, 2.45) is 0 Å². The van der Waals surface area contributed by atoms with Gasteiger partial charge in [0.05, 0.1) is 0 Å².